The zero-order valence-corrected chi connectivity index (χ0v) is 12.9. The fourth-order valence-corrected chi connectivity index (χ4v) is 3.34. The molecule has 0 unspecified atom stereocenters. The highest BCUT2D eigenvalue weighted by Crippen LogP contribution is 2.36. The first-order chi connectivity index (χ1) is 11.6. The van der Waals surface area contributed by atoms with E-state index < -0.39 is 5.91 Å². The molecule has 0 bridgehead atoms. The topological polar surface area (TPSA) is 84.9 Å². The number of nitrogens with one attached hydrogen (secondary N) is 1. The van der Waals surface area contributed by atoms with Gasteiger partial charge in [-0.15, -0.1) is 0 Å². The third-order valence-electron chi connectivity index (χ3n) is 4.56. The summed E-state index contributed by atoms with van der Waals surface area (Å²) in [5.41, 5.74) is 0.530. The van der Waals surface area contributed by atoms with Crippen LogP contribution in [0.1, 0.15) is 12.8 Å². The van der Waals surface area contributed by atoms with Gasteiger partial charge in [-0.1, -0.05) is 12.2 Å². The molecule has 124 valence electrons. The number of hydrogen-bond donors (Lipinski definition) is 1. The molecule has 2 atom stereocenters. The molecule has 7 nitrogen and oxygen atoms in total. The molecule has 3 aliphatic rings. The van der Waals surface area contributed by atoms with Crippen molar-refractivity contribution in [3.8, 4) is 11.5 Å². The van der Waals surface area contributed by atoms with Crippen molar-refractivity contribution in [2.45, 2.75) is 12.8 Å². The number of ether oxygens (including phenoxy) is 2. The van der Waals surface area contributed by atoms with Crippen molar-refractivity contribution in [2.24, 2.45) is 11.8 Å². The molecule has 0 aromatic heterocycles. The molecule has 1 fully saturated rings. The molecule has 4 rings (SSSR count). The number of carbonyl (C=O) groups excluding carboxylic acids is 3. The second-order valence-electron chi connectivity index (χ2n) is 6.03. The van der Waals surface area contributed by atoms with Crippen LogP contribution >= 0.6 is 0 Å². The zero-order valence-electron chi connectivity index (χ0n) is 12.9. The van der Waals surface area contributed by atoms with Crippen molar-refractivity contribution in [1.29, 1.82) is 0 Å². The smallest absolute Gasteiger partial charge is 0.244 e. The first-order valence-electron chi connectivity index (χ1n) is 7.83. The molecule has 2 aliphatic heterocycles. The minimum absolute atomic E-state index is 0.153. The second-order valence-corrected chi connectivity index (χ2v) is 6.03. The van der Waals surface area contributed by atoms with Crippen molar-refractivity contribution in [3.05, 3.63) is 30.4 Å². The van der Waals surface area contributed by atoms with E-state index in [-0.39, 0.29) is 37.0 Å². The van der Waals surface area contributed by atoms with Crippen molar-refractivity contribution < 1.29 is 23.9 Å². The third-order valence-corrected chi connectivity index (χ3v) is 4.56. The molecule has 1 aromatic rings. The van der Waals surface area contributed by atoms with Gasteiger partial charge in [-0.05, 0) is 25.0 Å². The summed E-state index contributed by atoms with van der Waals surface area (Å²) in [6.45, 7) is -0.112. The summed E-state index contributed by atoms with van der Waals surface area (Å²) in [5.74, 6) is -0.387. The number of imide groups is 1. The maximum Gasteiger partial charge on any atom is 0.244 e. The molecule has 1 saturated heterocycles. The molecule has 24 heavy (non-hydrogen) atoms. The molecule has 2 heterocycles. The molecule has 1 N–H and O–H groups in total. The maximum atomic E-state index is 12.3. The summed E-state index contributed by atoms with van der Waals surface area (Å²) >= 11 is 0. The van der Waals surface area contributed by atoms with Crippen LogP contribution in [0.4, 0.5) is 5.69 Å². The first-order valence-corrected chi connectivity index (χ1v) is 7.83. The molecule has 0 spiro atoms. The van der Waals surface area contributed by atoms with Crippen LogP contribution in [0.25, 0.3) is 0 Å². The van der Waals surface area contributed by atoms with Crippen LogP contribution in [-0.2, 0) is 14.4 Å². The van der Waals surface area contributed by atoms with Gasteiger partial charge in [0, 0.05) is 11.8 Å². The minimum Gasteiger partial charge on any atom is -0.454 e. The summed E-state index contributed by atoms with van der Waals surface area (Å²) in [4.78, 5) is 38.0. The summed E-state index contributed by atoms with van der Waals surface area (Å²) in [6, 6.07) is 5.03. The quantitative estimate of drug-likeness (QED) is 0.668. The van der Waals surface area contributed by atoms with Crippen molar-refractivity contribution in [1.82, 2.24) is 4.90 Å². The molecule has 1 aromatic carbocycles. The van der Waals surface area contributed by atoms with Gasteiger partial charge in [-0.2, -0.15) is 0 Å². The monoisotopic (exact) mass is 328 g/mol. The van der Waals surface area contributed by atoms with Crippen molar-refractivity contribution in [3.63, 3.8) is 0 Å². The van der Waals surface area contributed by atoms with Gasteiger partial charge in [0.05, 0.1) is 11.8 Å². The number of carbonyl (C=O) groups is 3. The van der Waals surface area contributed by atoms with Crippen LogP contribution in [-0.4, -0.2) is 36.0 Å². The summed E-state index contributed by atoms with van der Waals surface area (Å²) in [6.07, 6.45) is 4.97. The first kappa shape index (κ1) is 14.7. The van der Waals surface area contributed by atoms with Gasteiger partial charge in [0.15, 0.2) is 11.5 Å². The Balaban J connectivity index is 1.43. The lowest BCUT2D eigenvalue weighted by molar-refractivity contribution is -0.142. The van der Waals surface area contributed by atoms with Gasteiger partial charge < -0.3 is 14.8 Å². The number of hydrogen-bond acceptors (Lipinski definition) is 5. The Labute approximate surface area is 138 Å². The number of allylic oxidation sites excluding steroid dienone is 2. The lowest BCUT2D eigenvalue weighted by Crippen LogP contribution is -2.38. The molecule has 7 heteroatoms. The highest BCUT2D eigenvalue weighted by atomic mass is 16.7. The van der Waals surface area contributed by atoms with E-state index in [0.29, 0.717) is 30.0 Å². The maximum absolute atomic E-state index is 12.3. The van der Waals surface area contributed by atoms with E-state index >= 15 is 0 Å². The van der Waals surface area contributed by atoms with E-state index in [1.54, 1.807) is 18.2 Å². The number of rotatable bonds is 3. The summed E-state index contributed by atoms with van der Waals surface area (Å²) in [7, 11) is 0. The van der Waals surface area contributed by atoms with Gasteiger partial charge in [-0.3, -0.25) is 19.3 Å². The largest absolute Gasteiger partial charge is 0.454 e. The van der Waals surface area contributed by atoms with Gasteiger partial charge in [0.25, 0.3) is 0 Å². The Kier molecular flexibility index (Phi) is 3.48. The minimum atomic E-state index is -0.415. The Morgan fingerprint density at radius 3 is 2.46 bits per heavy atom. The van der Waals surface area contributed by atoms with Crippen LogP contribution in [0.15, 0.2) is 30.4 Å². The van der Waals surface area contributed by atoms with Crippen molar-refractivity contribution in [2.75, 3.05) is 18.7 Å². The van der Waals surface area contributed by atoms with E-state index in [1.165, 1.54) is 0 Å². The normalized spacial score (nSPS) is 24.2. The SMILES string of the molecule is O=C(CN1C(=O)[C@H]2CC=CC[C@@H]2C1=O)Nc1ccc2c(c1)OCO2. The Hall–Kier alpha value is -2.83. The van der Waals surface area contributed by atoms with Crippen LogP contribution in [0.2, 0.25) is 0 Å². The van der Waals surface area contributed by atoms with Crippen LogP contribution in [0.3, 0.4) is 0 Å². The molecule has 0 radical (unpaired) electrons. The van der Waals surface area contributed by atoms with Crippen LogP contribution < -0.4 is 14.8 Å². The highest BCUT2D eigenvalue weighted by molar-refractivity contribution is 6.08. The zero-order chi connectivity index (χ0) is 16.7. The van der Waals surface area contributed by atoms with E-state index in [2.05, 4.69) is 5.32 Å². The van der Waals surface area contributed by atoms with E-state index in [4.69, 9.17) is 9.47 Å². The number of amides is 3. The third kappa shape index (κ3) is 2.42. The van der Waals surface area contributed by atoms with Crippen LogP contribution in [0.5, 0.6) is 11.5 Å². The Morgan fingerprint density at radius 1 is 1.08 bits per heavy atom. The number of benzene rings is 1. The van der Waals surface area contributed by atoms with E-state index in [9.17, 15) is 14.4 Å². The molecular formula is C17H16N2O5. The van der Waals surface area contributed by atoms with E-state index in [1.807, 2.05) is 12.2 Å². The van der Waals surface area contributed by atoms with Gasteiger partial charge in [-0.25, -0.2) is 0 Å². The number of anilines is 1. The molecule has 0 saturated carbocycles. The predicted molar refractivity (Wildman–Crippen MR) is 83.3 cm³/mol. The number of fused-ring (bicyclic) bond motifs is 2. The summed E-state index contributed by atoms with van der Waals surface area (Å²) in [5, 5.41) is 2.68. The molecular weight excluding hydrogens is 312 g/mol. The average Bonchev–Trinajstić information content (AvgIpc) is 3.14. The van der Waals surface area contributed by atoms with Gasteiger partial charge in [0.2, 0.25) is 24.5 Å². The average molecular weight is 328 g/mol. The van der Waals surface area contributed by atoms with Crippen molar-refractivity contribution >= 4 is 23.4 Å². The summed E-state index contributed by atoms with van der Waals surface area (Å²) < 4.78 is 10.5. The standard InChI is InChI=1S/C17H16N2O5/c20-15(18-10-5-6-13-14(7-10)24-9-23-13)8-19-16(21)11-3-1-2-4-12(11)17(19)22/h1-2,5-7,11-12H,3-4,8-9H2,(H,18,20)/t11-,12-/m0/s1. The van der Waals surface area contributed by atoms with E-state index in [0.717, 1.165) is 4.90 Å². The Morgan fingerprint density at radius 2 is 1.75 bits per heavy atom. The fourth-order valence-electron chi connectivity index (χ4n) is 3.34. The lowest BCUT2D eigenvalue weighted by Gasteiger charge is -2.14. The highest BCUT2D eigenvalue weighted by Gasteiger charge is 2.47. The number of likely N-dealkylation sites (tertiary alicyclic amines) is 1. The number of nitrogens with zero attached hydrogens (tertiary/aromatic N) is 1. The van der Waals surface area contributed by atoms with Crippen LogP contribution in [0, 0.1) is 11.8 Å². The Bertz CT molecular complexity index is 731. The van der Waals surface area contributed by atoms with Gasteiger partial charge in [0.1, 0.15) is 6.54 Å². The lowest BCUT2D eigenvalue weighted by atomic mass is 9.85. The second kappa shape index (κ2) is 5.67. The fraction of sp³-hybridized carbons (Fsp3) is 0.353. The molecule has 1 aliphatic carbocycles. The molecule has 3 amide bonds. The van der Waals surface area contributed by atoms with Gasteiger partial charge >= 0.3 is 0 Å². The predicted octanol–water partition coefficient (Wildman–Crippen LogP) is 1.30.